The number of nitrogens with zero attached hydrogens (tertiary/aromatic N) is 3. The Bertz CT molecular complexity index is 291. The van der Waals surface area contributed by atoms with E-state index in [1.165, 1.54) is 12.8 Å². The Morgan fingerprint density at radius 3 is 2.71 bits per heavy atom. The Morgan fingerprint density at radius 1 is 1.43 bits per heavy atom. The molecule has 0 aromatic carbocycles. The molecule has 5 heteroatoms. The van der Waals surface area contributed by atoms with Gasteiger partial charge in [0, 0.05) is 18.3 Å². The van der Waals surface area contributed by atoms with Crippen molar-refractivity contribution in [2.45, 2.75) is 42.1 Å². The zero-order valence-corrected chi connectivity index (χ0v) is 9.20. The number of rotatable bonds is 2. The van der Waals surface area contributed by atoms with Crippen LogP contribution >= 0.6 is 11.8 Å². The van der Waals surface area contributed by atoms with Crippen LogP contribution in [-0.2, 0) is 7.05 Å². The molecule has 14 heavy (non-hydrogen) atoms. The van der Waals surface area contributed by atoms with Crippen molar-refractivity contribution in [1.29, 1.82) is 0 Å². The molecule has 1 aliphatic carbocycles. The molecule has 1 aromatic heterocycles. The van der Waals surface area contributed by atoms with Crippen molar-refractivity contribution in [1.82, 2.24) is 14.8 Å². The van der Waals surface area contributed by atoms with Crippen LogP contribution in [0.15, 0.2) is 11.5 Å². The molecule has 4 nitrogen and oxygen atoms in total. The van der Waals surface area contributed by atoms with Crippen molar-refractivity contribution >= 4 is 11.8 Å². The summed E-state index contributed by atoms with van der Waals surface area (Å²) >= 11 is 1.83. The number of aromatic nitrogens is 3. The van der Waals surface area contributed by atoms with Crippen LogP contribution < -0.4 is 5.73 Å². The molecule has 0 spiro atoms. The standard InChI is InChI=1S/C9H16N4S/c1-13-6-11-12-9(13)14-8-4-2-7(10)3-5-8/h6-8H,2-5,10H2,1H3. The predicted molar refractivity (Wildman–Crippen MR) is 57.1 cm³/mol. The average molecular weight is 212 g/mol. The summed E-state index contributed by atoms with van der Waals surface area (Å²) in [4.78, 5) is 0. The minimum absolute atomic E-state index is 0.423. The average Bonchev–Trinajstić information content (AvgIpc) is 2.56. The second-order valence-corrected chi connectivity index (χ2v) is 5.15. The van der Waals surface area contributed by atoms with E-state index < -0.39 is 0 Å². The first-order chi connectivity index (χ1) is 6.75. The minimum atomic E-state index is 0.423. The molecule has 0 atom stereocenters. The first-order valence-corrected chi connectivity index (χ1v) is 5.90. The third-order valence-corrected chi connectivity index (χ3v) is 4.05. The lowest BCUT2D eigenvalue weighted by atomic mass is 9.96. The summed E-state index contributed by atoms with van der Waals surface area (Å²) in [7, 11) is 1.98. The summed E-state index contributed by atoms with van der Waals surface area (Å²) in [6, 6.07) is 0.423. The number of nitrogens with two attached hydrogens (primary N) is 1. The van der Waals surface area contributed by atoms with E-state index in [9.17, 15) is 0 Å². The largest absolute Gasteiger partial charge is 0.328 e. The highest BCUT2D eigenvalue weighted by atomic mass is 32.2. The van der Waals surface area contributed by atoms with Crippen LogP contribution in [0.25, 0.3) is 0 Å². The molecule has 1 heterocycles. The van der Waals surface area contributed by atoms with Gasteiger partial charge in [0.2, 0.25) is 0 Å². The van der Waals surface area contributed by atoms with Gasteiger partial charge in [0.25, 0.3) is 0 Å². The molecule has 2 rings (SSSR count). The van der Waals surface area contributed by atoms with E-state index in [2.05, 4.69) is 10.2 Å². The number of aryl methyl sites for hydroxylation is 1. The first kappa shape index (κ1) is 9.98. The third-order valence-electron chi connectivity index (χ3n) is 2.66. The van der Waals surface area contributed by atoms with E-state index in [0.29, 0.717) is 11.3 Å². The fraction of sp³-hybridized carbons (Fsp3) is 0.778. The summed E-state index contributed by atoms with van der Waals surface area (Å²) in [5, 5.41) is 9.64. The molecule has 1 fully saturated rings. The molecule has 1 saturated carbocycles. The maximum absolute atomic E-state index is 5.86. The maximum Gasteiger partial charge on any atom is 0.191 e. The summed E-state index contributed by atoms with van der Waals surface area (Å²) in [5.41, 5.74) is 5.86. The van der Waals surface area contributed by atoms with Crippen molar-refractivity contribution in [2.75, 3.05) is 0 Å². The summed E-state index contributed by atoms with van der Waals surface area (Å²) in [6.07, 6.45) is 6.46. The lowest BCUT2D eigenvalue weighted by molar-refractivity contribution is 0.450. The van der Waals surface area contributed by atoms with Crippen LogP contribution in [0.1, 0.15) is 25.7 Å². The highest BCUT2D eigenvalue weighted by Crippen LogP contribution is 2.31. The minimum Gasteiger partial charge on any atom is -0.328 e. The van der Waals surface area contributed by atoms with Gasteiger partial charge in [-0.25, -0.2) is 0 Å². The fourth-order valence-corrected chi connectivity index (χ4v) is 2.85. The van der Waals surface area contributed by atoms with Crippen molar-refractivity contribution in [2.24, 2.45) is 12.8 Å². The molecule has 0 radical (unpaired) electrons. The Hall–Kier alpha value is -0.550. The van der Waals surface area contributed by atoms with Crippen LogP contribution in [0, 0.1) is 0 Å². The molecule has 78 valence electrons. The Balaban J connectivity index is 1.89. The molecule has 1 aliphatic rings. The van der Waals surface area contributed by atoms with E-state index in [-0.39, 0.29) is 0 Å². The topological polar surface area (TPSA) is 56.7 Å². The highest BCUT2D eigenvalue weighted by Gasteiger charge is 2.20. The monoisotopic (exact) mass is 212 g/mol. The lowest BCUT2D eigenvalue weighted by Crippen LogP contribution is -2.27. The smallest absolute Gasteiger partial charge is 0.191 e. The van der Waals surface area contributed by atoms with Gasteiger partial charge in [-0.1, -0.05) is 11.8 Å². The number of hydrogen-bond acceptors (Lipinski definition) is 4. The van der Waals surface area contributed by atoms with Gasteiger partial charge in [-0.05, 0) is 25.7 Å². The van der Waals surface area contributed by atoms with Gasteiger partial charge in [0.1, 0.15) is 6.33 Å². The summed E-state index contributed by atoms with van der Waals surface area (Å²) in [6.45, 7) is 0. The van der Waals surface area contributed by atoms with Crippen molar-refractivity contribution in [3.05, 3.63) is 6.33 Å². The lowest BCUT2D eigenvalue weighted by Gasteiger charge is -2.24. The second kappa shape index (κ2) is 4.31. The molecular weight excluding hydrogens is 196 g/mol. The molecule has 0 bridgehead atoms. The van der Waals surface area contributed by atoms with Crippen molar-refractivity contribution in [3.8, 4) is 0 Å². The van der Waals surface area contributed by atoms with E-state index in [1.54, 1.807) is 6.33 Å². The molecule has 2 N–H and O–H groups in total. The molecule has 0 saturated heterocycles. The molecule has 1 aromatic rings. The zero-order chi connectivity index (χ0) is 9.97. The van der Waals surface area contributed by atoms with E-state index >= 15 is 0 Å². The van der Waals surface area contributed by atoms with Crippen LogP contribution in [-0.4, -0.2) is 26.1 Å². The zero-order valence-electron chi connectivity index (χ0n) is 8.39. The van der Waals surface area contributed by atoms with E-state index in [1.807, 2.05) is 23.4 Å². The molecule has 0 unspecified atom stereocenters. The van der Waals surface area contributed by atoms with E-state index in [0.717, 1.165) is 18.0 Å². The quantitative estimate of drug-likeness (QED) is 0.799. The Kier molecular flexibility index (Phi) is 3.08. The Labute approximate surface area is 88.3 Å². The van der Waals surface area contributed by atoms with Gasteiger partial charge in [0.05, 0.1) is 0 Å². The fourth-order valence-electron chi connectivity index (χ4n) is 1.73. The third kappa shape index (κ3) is 2.27. The van der Waals surface area contributed by atoms with Gasteiger partial charge >= 0.3 is 0 Å². The SMILES string of the molecule is Cn1cnnc1SC1CCC(N)CC1. The van der Waals surface area contributed by atoms with Gasteiger partial charge in [-0.15, -0.1) is 10.2 Å². The molecule has 0 amide bonds. The summed E-state index contributed by atoms with van der Waals surface area (Å²) < 4.78 is 1.97. The van der Waals surface area contributed by atoms with Gasteiger partial charge in [-0.3, -0.25) is 0 Å². The van der Waals surface area contributed by atoms with Crippen LogP contribution in [0.3, 0.4) is 0 Å². The number of thioether (sulfide) groups is 1. The van der Waals surface area contributed by atoms with Crippen molar-refractivity contribution in [3.63, 3.8) is 0 Å². The Morgan fingerprint density at radius 2 is 2.14 bits per heavy atom. The highest BCUT2D eigenvalue weighted by molar-refractivity contribution is 7.99. The van der Waals surface area contributed by atoms with Crippen LogP contribution in [0.4, 0.5) is 0 Å². The predicted octanol–water partition coefficient (Wildman–Crippen LogP) is 1.18. The molecule has 0 aliphatic heterocycles. The normalized spacial score (nSPS) is 27.9. The van der Waals surface area contributed by atoms with Crippen LogP contribution in [0.5, 0.6) is 0 Å². The van der Waals surface area contributed by atoms with Crippen molar-refractivity contribution < 1.29 is 0 Å². The molecular formula is C9H16N4S. The maximum atomic E-state index is 5.86. The van der Waals surface area contributed by atoms with Gasteiger partial charge < -0.3 is 10.3 Å². The van der Waals surface area contributed by atoms with Gasteiger partial charge in [-0.2, -0.15) is 0 Å². The first-order valence-electron chi connectivity index (χ1n) is 5.02. The number of hydrogen-bond donors (Lipinski definition) is 1. The van der Waals surface area contributed by atoms with E-state index in [4.69, 9.17) is 5.73 Å². The van der Waals surface area contributed by atoms with Gasteiger partial charge in [0.15, 0.2) is 5.16 Å². The van der Waals surface area contributed by atoms with Crippen LogP contribution in [0.2, 0.25) is 0 Å². The summed E-state index contributed by atoms with van der Waals surface area (Å²) in [5.74, 6) is 0. The second-order valence-electron chi connectivity index (χ2n) is 3.88.